The highest BCUT2D eigenvalue weighted by atomic mass is 16.3. The van der Waals surface area contributed by atoms with E-state index in [9.17, 15) is 0 Å². The molecule has 0 unspecified atom stereocenters. The van der Waals surface area contributed by atoms with Gasteiger partial charge in [0.2, 0.25) is 0 Å². The minimum atomic E-state index is 0.922. The number of para-hydroxylation sites is 4. The second kappa shape index (κ2) is 29.4. The molecule has 0 spiro atoms. The van der Waals surface area contributed by atoms with Crippen molar-refractivity contribution in [3.05, 3.63) is 449 Å². The highest BCUT2D eigenvalue weighted by Crippen LogP contribution is 2.51. The monoisotopic (exact) mass is 1560 g/mol. The van der Waals surface area contributed by atoms with Crippen LogP contribution < -0.4 is 0 Å². The van der Waals surface area contributed by atoms with E-state index in [4.69, 9.17) is 13.3 Å². The lowest BCUT2D eigenvalue weighted by molar-refractivity contribution is 0.668. The first-order valence-corrected chi connectivity index (χ1v) is 42.2. The molecular formula is C120H74O3. The molecular weight excluding hydrogens is 1490 g/mol. The van der Waals surface area contributed by atoms with Crippen molar-refractivity contribution in [2.45, 2.75) is 0 Å². The summed E-state index contributed by atoms with van der Waals surface area (Å²) < 4.78 is 18.6. The Morgan fingerprint density at radius 1 is 0.114 bits per heavy atom. The van der Waals surface area contributed by atoms with Crippen molar-refractivity contribution in [3.63, 3.8) is 0 Å². The van der Waals surface area contributed by atoms with E-state index in [0.717, 1.165) is 76.9 Å². The molecule has 123 heavy (non-hydrogen) atoms. The standard InChI is InChI=1S/2C42H26O.C36H22O/c1-2-13-30-27(11-1)12-9-20-33(30)41-36-17-5-3-15-34(36)40(35-16-4-6-18-37(35)41)29-25-23-28(24-26-29)31-19-10-21-38-32-14-7-8-22-39(32)43-42(31)38;1-2-12-31-28(10-1)11-9-18-33(31)42-36-16-5-3-14-34(36)41(35-15-4-6-17-37(35)42)29-22-20-27(21-23-29)30-24-25-40-38(26-30)32-13-7-8-19-39(32)43-40;1-2-12-25-23(10-1)11-9-18-27(25)36-30-16-5-3-14-28(30)35(29-15-4-6-17-31(29)36)24-20-21-34-32(22-24)26-13-7-8-19-33(26)37-34/h2*1-26H;1-22H. The van der Waals surface area contributed by atoms with E-state index in [1.165, 1.54) is 175 Å². The molecule has 3 aromatic heterocycles. The number of rotatable bonds is 8. The van der Waals surface area contributed by atoms with Crippen LogP contribution in [0, 0.1) is 0 Å². The third-order valence-corrected chi connectivity index (χ3v) is 25.4. The van der Waals surface area contributed by atoms with Crippen LogP contribution >= 0.6 is 0 Å². The Balaban J connectivity index is 0.000000104. The molecule has 23 aromatic carbocycles. The summed E-state index contributed by atoms with van der Waals surface area (Å²) in [5.41, 5.74) is 25.3. The Bertz CT molecular complexity index is 8560. The molecule has 0 saturated carbocycles. The van der Waals surface area contributed by atoms with Crippen molar-refractivity contribution in [1.82, 2.24) is 0 Å². The highest BCUT2D eigenvalue weighted by molar-refractivity contribution is 6.28. The number of hydrogen-bond donors (Lipinski definition) is 0. The molecule has 3 heteroatoms. The molecule has 0 aliphatic rings. The molecule has 572 valence electrons. The zero-order valence-electron chi connectivity index (χ0n) is 66.9. The van der Waals surface area contributed by atoms with Crippen molar-refractivity contribution in [1.29, 1.82) is 0 Å². The van der Waals surface area contributed by atoms with Crippen LogP contribution in [-0.4, -0.2) is 0 Å². The summed E-state index contributed by atoms with van der Waals surface area (Å²) in [6.07, 6.45) is 0. The van der Waals surface area contributed by atoms with Crippen LogP contribution in [0.3, 0.4) is 0 Å². The maximum atomic E-state index is 6.35. The van der Waals surface area contributed by atoms with Crippen LogP contribution in [0.25, 0.3) is 252 Å². The Morgan fingerprint density at radius 2 is 0.341 bits per heavy atom. The molecule has 0 radical (unpaired) electrons. The van der Waals surface area contributed by atoms with Gasteiger partial charge in [-0.2, -0.15) is 0 Å². The number of furan rings is 3. The van der Waals surface area contributed by atoms with E-state index in [2.05, 4.69) is 413 Å². The van der Waals surface area contributed by atoms with Crippen LogP contribution in [0.2, 0.25) is 0 Å². The first-order chi connectivity index (χ1) is 61.0. The second-order valence-corrected chi connectivity index (χ2v) is 32.2. The van der Waals surface area contributed by atoms with E-state index < -0.39 is 0 Å². The molecule has 0 saturated heterocycles. The lowest BCUT2D eigenvalue weighted by Gasteiger charge is -2.19. The normalized spacial score (nSPS) is 11.7. The van der Waals surface area contributed by atoms with Gasteiger partial charge in [0.1, 0.15) is 33.5 Å². The minimum Gasteiger partial charge on any atom is -0.456 e. The summed E-state index contributed by atoms with van der Waals surface area (Å²) in [5, 5.41) is 29.7. The Hall–Kier alpha value is -16.2. The molecule has 0 aliphatic heterocycles. The lowest BCUT2D eigenvalue weighted by atomic mass is 9.84. The zero-order chi connectivity index (χ0) is 81.0. The van der Waals surface area contributed by atoms with Crippen molar-refractivity contribution in [3.8, 4) is 89.0 Å². The minimum absolute atomic E-state index is 0.922. The molecule has 0 bridgehead atoms. The summed E-state index contributed by atoms with van der Waals surface area (Å²) in [6, 6.07) is 162. The number of hydrogen-bond acceptors (Lipinski definition) is 3. The smallest absolute Gasteiger partial charge is 0.143 e. The molecule has 0 aliphatic carbocycles. The number of fused-ring (bicyclic) bond motifs is 18. The highest BCUT2D eigenvalue weighted by Gasteiger charge is 2.24. The van der Waals surface area contributed by atoms with Gasteiger partial charge in [0.05, 0.1) is 0 Å². The van der Waals surface area contributed by atoms with E-state index in [1.807, 2.05) is 36.4 Å². The first kappa shape index (κ1) is 71.0. The van der Waals surface area contributed by atoms with Crippen molar-refractivity contribution >= 4 is 163 Å². The van der Waals surface area contributed by atoms with Gasteiger partial charge in [-0.3, -0.25) is 0 Å². The van der Waals surface area contributed by atoms with Gasteiger partial charge in [-0.05, 0) is 223 Å². The zero-order valence-corrected chi connectivity index (χ0v) is 66.9. The van der Waals surface area contributed by atoms with Gasteiger partial charge < -0.3 is 13.3 Å². The maximum absolute atomic E-state index is 6.35. The SMILES string of the molecule is c1ccc2c(-c3c4ccccc4c(-c4ccc(-c5ccc6oc7ccccc7c6c5)cc4)c4ccccc34)cccc2c1.c1ccc2c(-c3c4ccccc4c(-c4ccc(-c5cccc6c5oc5ccccc56)cc4)c4ccccc34)cccc2c1.c1ccc2c(-c3c4ccccc4c(-c4ccc5oc6ccccc6c5c4)c4ccccc34)cccc2c1. The van der Waals surface area contributed by atoms with Crippen LogP contribution in [0.5, 0.6) is 0 Å². The van der Waals surface area contributed by atoms with Crippen molar-refractivity contribution in [2.75, 3.05) is 0 Å². The van der Waals surface area contributed by atoms with Crippen LogP contribution in [0.15, 0.2) is 462 Å². The van der Waals surface area contributed by atoms with Gasteiger partial charge >= 0.3 is 0 Å². The molecule has 0 amide bonds. The van der Waals surface area contributed by atoms with Gasteiger partial charge in [-0.1, -0.05) is 406 Å². The average Bonchev–Trinajstić information content (AvgIpc) is 1.19. The second-order valence-electron chi connectivity index (χ2n) is 32.2. The quantitative estimate of drug-likeness (QED) is 0.142. The van der Waals surface area contributed by atoms with Crippen LogP contribution in [-0.2, 0) is 0 Å². The molecule has 0 N–H and O–H groups in total. The summed E-state index contributed by atoms with van der Waals surface area (Å²) in [5.74, 6) is 0. The first-order valence-electron chi connectivity index (χ1n) is 42.2. The van der Waals surface area contributed by atoms with E-state index >= 15 is 0 Å². The Kier molecular flexibility index (Phi) is 17.0. The fraction of sp³-hybridized carbons (Fsp3) is 0. The molecule has 0 atom stereocenters. The van der Waals surface area contributed by atoms with Gasteiger partial charge in [-0.15, -0.1) is 0 Å². The maximum Gasteiger partial charge on any atom is 0.143 e. The van der Waals surface area contributed by atoms with Gasteiger partial charge in [0.25, 0.3) is 0 Å². The summed E-state index contributed by atoms with van der Waals surface area (Å²) in [7, 11) is 0. The van der Waals surface area contributed by atoms with Gasteiger partial charge in [0.15, 0.2) is 0 Å². The topological polar surface area (TPSA) is 39.4 Å². The third-order valence-electron chi connectivity index (χ3n) is 25.4. The van der Waals surface area contributed by atoms with Crippen LogP contribution in [0.4, 0.5) is 0 Å². The van der Waals surface area contributed by atoms with Crippen LogP contribution in [0.1, 0.15) is 0 Å². The largest absolute Gasteiger partial charge is 0.456 e. The van der Waals surface area contributed by atoms with E-state index in [1.54, 1.807) is 0 Å². The molecule has 3 nitrogen and oxygen atoms in total. The van der Waals surface area contributed by atoms with Gasteiger partial charge in [-0.25, -0.2) is 0 Å². The number of benzene rings is 23. The molecule has 26 aromatic rings. The third kappa shape index (κ3) is 11.9. The average molecular weight is 1560 g/mol. The lowest BCUT2D eigenvalue weighted by Crippen LogP contribution is -1.91. The summed E-state index contributed by atoms with van der Waals surface area (Å²) in [4.78, 5) is 0. The van der Waals surface area contributed by atoms with Crippen molar-refractivity contribution in [2.24, 2.45) is 0 Å². The predicted octanol–water partition coefficient (Wildman–Crippen LogP) is 34.5. The summed E-state index contributed by atoms with van der Waals surface area (Å²) >= 11 is 0. The van der Waals surface area contributed by atoms with E-state index in [0.29, 0.717) is 0 Å². The molecule has 3 heterocycles. The van der Waals surface area contributed by atoms with Gasteiger partial charge in [0, 0.05) is 37.9 Å². The molecule has 0 fully saturated rings. The molecule has 26 rings (SSSR count). The predicted molar refractivity (Wildman–Crippen MR) is 522 cm³/mol. The Morgan fingerprint density at radius 3 is 0.715 bits per heavy atom. The van der Waals surface area contributed by atoms with E-state index in [-0.39, 0.29) is 0 Å². The van der Waals surface area contributed by atoms with Crippen molar-refractivity contribution < 1.29 is 13.3 Å². The fourth-order valence-electron chi connectivity index (χ4n) is 19.9. The summed E-state index contributed by atoms with van der Waals surface area (Å²) in [6.45, 7) is 0. The fourth-order valence-corrected chi connectivity index (χ4v) is 19.9. The Labute approximate surface area is 709 Å².